The number of fused-ring (bicyclic) bond motifs is 2. The summed E-state index contributed by atoms with van der Waals surface area (Å²) in [5.41, 5.74) is 8.75. The summed E-state index contributed by atoms with van der Waals surface area (Å²) < 4.78 is 3.39. The van der Waals surface area contributed by atoms with Crippen LogP contribution in [0.2, 0.25) is 0 Å². The minimum absolute atomic E-state index is 0.808. The summed E-state index contributed by atoms with van der Waals surface area (Å²) in [6, 6.07) is 8.70. The van der Waals surface area contributed by atoms with Crippen molar-refractivity contribution in [2.45, 2.75) is 33.6 Å². The summed E-state index contributed by atoms with van der Waals surface area (Å²) in [6.45, 7) is 6.54. The maximum Gasteiger partial charge on any atom is 0.111 e. The lowest BCUT2D eigenvalue weighted by Gasteiger charge is -2.13. The Morgan fingerprint density at radius 1 is 1.27 bits per heavy atom. The Balaban J connectivity index is 1.91. The lowest BCUT2D eigenvalue weighted by Crippen LogP contribution is -2.00. The van der Waals surface area contributed by atoms with E-state index in [1.165, 1.54) is 33.2 Å². The number of aromatic amines is 1. The molecule has 2 aromatic carbocycles. The van der Waals surface area contributed by atoms with E-state index in [-0.39, 0.29) is 0 Å². The summed E-state index contributed by atoms with van der Waals surface area (Å²) in [6.07, 6.45) is 3.99. The molecule has 2 heterocycles. The summed E-state index contributed by atoms with van der Waals surface area (Å²) in [4.78, 5) is 8.34. The molecule has 0 bridgehead atoms. The number of aryl methyl sites for hydroxylation is 3. The van der Waals surface area contributed by atoms with Gasteiger partial charge in [-0.2, -0.15) is 0 Å². The summed E-state index contributed by atoms with van der Waals surface area (Å²) in [5.74, 6) is 1.02. The van der Waals surface area contributed by atoms with Crippen molar-refractivity contribution in [2.75, 3.05) is 0 Å². The molecule has 26 heavy (non-hydrogen) atoms. The van der Waals surface area contributed by atoms with Crippen LogP contribution >= 0.6 is 46.3 Å². The molecule has 0 saturated heterocycles. The van der Waals surface area contributed by atoms with Crippen LogP contribution in [0, 0.1) is 13.8 Å². The molecule has 1 N–H and O–H groups in total. The lowest BCUT2D eigenvalue weighted by atomic mass is 9.95. The number of H-pyrrole nitrogens is 1. The van der Waals surface area contributed by atoms with Crippen LogP contribution < -0.4 is 0 Å². The Hall–Kier alpha value is -0.990. The molecule has 134 valence electrons. The molecule has 6 heteroatoms. The highest BCUT2D eigenvalue weighted by molar-refractivity contribution is 14.2. The van der Waals surface area contributed by atoms with E-state index < -0.39 is 0 Å². The Bertz CT molecular complexity index is 1130. The number of hydrogen-bond donors (Lipinski definition) is 1. The normalized spacial score (nSPS) is 11.7. The molecular weight excluding hydrogens is 521 g/mol. The van der Waals surface area contributed by atoms with Gasteiger partial charge in [0.25, 0.3) is 0 Å². The average Bonchev–Trinajstić information content (AvgIpc) is 3.17. The molecule has 0 spiro atoms. The van der Waals surface area contributed by atoms with Crippen molar-refractivity contribution < 1.29 is 0 Å². The van der Waals surface area contributed by atoms with Gasteiger partial charge in [-0.25, -0.2) is 4.98 Å². The van der Waals surface area contributed by atoms with E-state index in [0.29, 0.717) is 0 Å². The van der Waals surface area contributed by atoms with Gasteiger partial charge in [0, 0.05) is 52.8 Å². The van der Waals surface area contributed by atoms with Crippen LogP contribution in [0.5, 0.6) is 0 Å². The molecule has 0 amide bonds. The van der Waals surface area contributed by atoms with E-state index in [1.54, 1.807) is 9.12 Å². The lowest BCUT2D eigenvalue weighted by molar-refractivity contribution is 1.00. The highest BCUT2D eigenvalue weighted by Crippen LogP contribution is 2.38. The van der Waals surface area contributed by atoms with E-state index in [4.69, 9.17) is 4.98 Å². The molecule has 4 rings (SSSR count). The Labute approximate surface area is 177 Å². The van der Waals surface area contributed by atoms with E-state index >= 15 is 0 Å². The fourth-order valence-corrected chi connectivity index (χ4v) is 5.84. The van der Waals surface area contributed by atoms with Gasteiger partial charge in [0.1, 0.15) is 5.82 Å². The number of imidazole rings is 1. The zero-order chi connectivity index (χ0) is 18.4. The van der Waals surface area contributed by atoms with Crippen molar-refractivity contribution in [2.24, 2.45) is 0 Å². The van der Waals surface area contributed by atoms with E-state index in [9.17, 15) is 0 Å². The quantitative estimate of drug-likeness (QED) is 0.286. The van der Waals surface area contributed by atoms with Crippen molar-refractivity contribution in [1.82, 2.24) is 13.9 Å². The molecule has 2 aromatic heterocycles. The third-order valence-corrected chi connectivity index (χ3v) is 7.18. The number of nitrogens with zero attached hydrogens (tertiary/aromatic N) is 2. The smallest absolute Gasteiger partial charge is 0.111 e. The molecular formula is C20H19BrIN3S. The zero-order valence-electron chi connectivity index (χ0n) is 14.9. The minimum atomic E-state index is 0.808. The summed E-state index contributed by atoms with van der Waals surface area (Å²) >= 11 is 6.13. The maximum absolute atomic E-state index is 4.83. The second kappa shape index (κ2) is 7.20. The fourth-order valence-electron chi connectivity index (χ4n) is 3.69. The SMILES string of the molecule is CCc1cc(C)c2c(c(Br)cn2SI)c1Cc1nc2ccc(C)cc2[nH]1. The molecule has 0 aliphatic carbocycles. The standard InChI is InChI=1S/C20H19BrIN3S/c1-4-13-8-12(3)20-19(15(21)10-25(20)26-22)14(13)9-18-23-16-6-5-11(2)7-17(16)24-18/h5-8,10H,4,9H2,1-3H3,(H,23,24). The van der Waals surface area contributed by atoms with Crippen molar-refractivity contribution in [1.29, 1.82) is 0 Å². The van der Waals surface area contributed by atoms with Gasteiger partial charge in [-0.15, -0.1) is 0 Å². The van der Waals surface area contributed by atoms with Crippen molar-refractivity contribution in [3.8, 4) is 0 Å². The first-order valence-electron chi connectivity index (χ1n) is 8.58. The molecule has 0 unspecified atom stereocenters. The van der Waals surface area contributed by atoms with Crippen molar-refractivity contribution >= 4 is 68.2 Å². The van der Waals surface area contributed by atoms with Gasteiger partial charge in [-0.05, 0) is 70.6 Å². The minimum Gasteiger partial charge on any atom is -0.342 e. The van der Waals surface area contributed by atoms with Crippen LogP contribution in [0.3, 0.4) is 0 Å². The first-order valence-corrected chi connectivity index (χ1v) is 12.7. The van der Waals surface area contributed by atoms with Crippen LogP contribution in [0.25, 0.3) is 21.9 Å². The van der Waals surface area contributed by atoms with Gasteiger partial charge < -0.3 is 4.98 Å². The molecule has 0 aliphatic heterocycles. The third-order valence-electron chi connectivity index (χ3n) is 4.87. The maximum atomic E-state index is 4.83. The fraction of sp³-hybridized carbons (Fsp3) is 0.250. The second-order valence-electron chi connectivity index (χ2n) is 6.66. The molecule has 0 atom stereocenters. The molecule has 3 nitrogen and oxygen atoms in total. The van der Waals surface area contributed by atoms with Crippen molar-refractivity contribution in [3.63, 3.8) is 0 Å². The summed E-state index contributed by atoms with van der Waals surface area (Å²) in [5, 5.41) is 1.31. The van der Waals surface area contributed by atoms with Gasteiger partial charge in [0.05, 0.1) is 16.6 Å². The van der Waals surface area contributed by atoms with Gasteiger partial charge in [-0.3, -0.25) is 3.97 Å². The van der Waals surface area contributed by atoms with E-state index in [2.05, 4.69) is 97.3 Å². The van der Waals surface area contributed by atoms with E-state index in [0.717, 1.165) is 34.2 Å². The topological polar surface area (TPSA) is 33.6 Å². The average molecular weight is 540 g/mol. The number of benzene rings is 2. The molecule has 0 radical (unpaired) electrons. The Kier molecular flexibility index (Phi) is 5.09. The van der Waals surface area contributed by atoms with Crippen LogP contribution in [0.4, 0.5) is 0 Å². The Morgan fingerprint density at radius 2 is 2.08 bits per heavy atom. The first kappa shape index (κ1) is 18.4. The highest BCUT2D eigenvalue weighted by atomic mass is 127. The number of rotatable bonds is 4. The van der Waals surface area contributed by atoms with Gasteiger partial charge in [-0.1, -0.05) is 19.1 Å². The largest absolute Gasteiger partial charge is 0.342 e. The molecule has 4 aromatic rings. The van der Waals surface area contributed by atoms with Crippen LogP contribution in [0.15, 0.2) is 34.9 Å². The van der Waals surface area contributed by atoms with Gasteiger partial charge in [0.2, 0.25) is 0 Å². The highest BCUT2D eigenvalue weighted by Gasteiger charge is 2.18. The molecule has 0 saturated carbocycles. The Morgan fingerprint density at radius 3 is 2.81 bits per heavy atom. The van der Waals surface area contributed by atoms with Crippen LogP contribution in [0.1, 0.15) is 35.0 Å². The van der Waals surface area contributed by atoms with Crippen LogP contribution in [-0.2, 0) is 12.8 Å². The number of nitrogens with one attached hydrogen (secondary N) is 1. The predicted octanol–water partition coefficient (Wildman–Crippen LogP) is 6.90. The molecule has 0 aliphatic rings. The second-order valence-corrected chi connectivity index (χ2v) is 9.23. The third kappa shape index (κ3) is 3.10. The zero-order valence-corrected chi connectivity index (χ0v) is 19.4. The van der Waals surface area contributed by atoms with Crippen molar-refractivity contribution in [3.05, 3.63) is 63.0 Å². The summed E-state index contributed by atoms with van der Waals surface area (Å²) in [7, 11) is 1.70. The number of aromatic nitrogens is 3. The van der Waals surface area contributed by atoms with Crippen LogP contribution in [-0.4, -0.2) is 13.9 Å². The van der Waals surface area contributed by atoms with E-state index in [1.807, 2.05) is 0 Å². The predicted molar refractivity (Wildman–Crippen MR) is 124 cm³/mol. The first-order chi connectivity index (χ1) is 12.5. The monoisotopic (exact) mass is 539 g/mol. The number of hydrogen-bond acceptors (Lipinski definition) is 2. The molecule has 0 fully saturated rings. The van der Waals surface area contributed by atoms with Gasteiger partial charge >= 0.3 is 0 Å². The number of halogens is 2. The van der Waals surface area contributed by atoms with Gasteiger partial charge in [0.15, 0.2) is 0 Å².